The maximum atomic E-state index is 11.6. The van der Waals surface area contributed by atoms with E-state index in [0.29, 0.717) is 6.54 Å². The van der Waals surface area contributed by atoms with Crippen LogP contribution in [-0.4, -0.2) is 44.9 Å². The summed E-state index contributed by atoms with van der Waals surface area (Å²) >= 11 is 3.42. The molecule has 0 saturated heterocycles. The lowest BCUT2D eigenvalue weighted by molar-refractivity contribution is -0.138. The highest BCUT2D eigenvalue weighted by atomic mass is 79.9. The quantitative estimate of drug-likeness (QED) is 0.780. The van der Waals surface area contributed by atoms with Gasteiger partial charge in [-0.15, -0.1) is 0 Å². The van der Waals surface area contributed by atoms with E-state index in [9.17, 15) is 9.90 Å². The van der Waals surface area contributed by atoms with Crippen molar-refractivity contribution in [3.63, 3.8) is 0 Å². The normalized spacial score (nSPS) is 28.3. The second-order valence-electron chi connectivity index (χ2n) is 5.94. The van der Waals surface area contributed by atoms with Gasteiger partial charge < -0.3 is 10.1 Å². The third kappa shape index (κ3) is 1.74. The summed E-state index contributed by atoms with van der Waals surface area (Å²) < 4.78 is -1.01. The molecule has 1 aromatic carbocycles. The molecule has 1 aliphatic carbocycles. The molecular formula is C16H15BrN2O2. The molecule has 0 fully saturated rings. The molecule has 1 aromatic heterocycles. The topological polar surface area (TPSA) is 56.3 Å². The number of nitrogens with one attached hydrogen (secondary N) is 1. The van der Waals surface area contributed by atoms with E-state index in [0.717, 1.165) is 23.1 Å². The molecule has 0 radical (unpaired) electrons. The van der Waals surface area contributed by atoms with Crippen molar-refractivity contribution in [2.45, 2.75) is 16.8 Å². The van der Waals surface area contributed by atoms with E-state index < -0.39 is 10.3 Å². The third-order valence-electron chi connectivity index (χ3n) is 4.62. The summed E-state index contributed by atoms with van der Waals surface area (Å²) in [6.07, 6.45) is 4.89. The maximum Gasteiger partial charge on any atom is 0.325 e. The molecule has 2 atom stereocenters. The zero-order valence-corrected chi connectivity index (χ0v) is 13.1. The number of aliphatic carboxylic acids is 1. The minimum atomic E-state index is -1.01. The molecule has 2 aromatic rings. The van der Waals surface area contributed by atoms with Crippen molar-refractivity contribution in [3.8, 4) is 0 Å². The Balaban J connectivity index is 2.00. The molecular weight excluding hydrogens is 332 g/mol. The number of H-pyrrole nitrogens is 1. The minimum absolute atomic E-state index is 0.240. The first kappa shape index (κ1) is 13.1. The molecule has 0 amide bonds. The van der Waals surface area contributed by atoms with E-state index in [1.54, 1.807) is 0 Å². The Hall–Kier alpha value is -1.59. The van der Waals surface area contributed by atoms with Crippen LogP contribution in [0, 0.1) is 0 Å². The number of benzene rings is 1. The summed E-state index contributed by atoms with van der Waals surface area (Å²) in [6, 6.07) is 6.41. The van der Waals surface area contributed by atoms with Crippen molar-refractivity contribution >= 4 is 38.4 Å². The predicted molar refractivity (Wildman–Crippen MR) is 85.7 cm³/mol. The Bertz CT molecular complexity index is 795. The molecule has 0 saturated carbocycles. The van der Waals surface area contributed by atoms with Gasteiger partial charge in [-0.1, -0.05) is 34.1 Å². The van der Waals surface area contributed by atoms with Crippen molar-refractivity contribution in [2.75, 3.05) is 13.6 Å². The lowest BCUT2D eigenvalue weighted by atomic mass is 9.80. The van der Waals surface area contributed by atoms with E-state index in [1.807, 2.05) is 19.2 Å². The maximum absolute atomic E-state index is 11.6. The summed E-state index contributed by atoms with van der Waals surface area (Å²) in [5.41, 5.74) is 4.69. The van der Waals surface area contributed by atoms with Crippen LogP contribution in [0.1, 0.15) is 11.1 Å². The fourth-order valence-corrected chi connectivity index (χ4v) is 4.26. The van der Waals surface area contributed by atoms with E-state index in [4.69, 9.17) is 0 Å². The Kier molecular flexibility index (Phi) is 2.63. The average molecular weight is 347 g/mol. The Morgan fingerprint density at radius 1 is 1.52 bits per heavy atom. The summed E-state index contributed by atoms with van der Waals surface area (Å²) in [5.74, 6) is -0.840. The highest BCUT2D eigenvalue weighted by Crippen LogP contribution is 2.43. The number of alkyl halides is 1. The summed E-state index contributed by atoms with van der Waals surface area (Å²) in [7, 11) is 1.99. The number of hydrogen-bond acceptors (Lipinski definition) is 2. The summed E-state index contributed by atoms with van der Waals surface area (Å²) in [4.78, 5) is 17.1. The fourth-order valence-electron chi connectivity index (χ4n) is 3.62. The van der Waals surface area contributed by atoms with Crippen LogP contribution < -0.4 is 0 Å². The fraction of sp³-hybridized carbons (Fsp3) is 0.312. The molecule has 2 aliphatic rings. The van der Waals surface area contributed by atoms with Crippen molar-refractivity contribution < 1.29 is 9.90 Å². The van der Waals surface area contributed by atoms with Crippen LogP contribution in [0.25, 0.3) is 16.5 Å². The average Bonchev–Trinajstić information content (AvgIpc) is 2.85. The number of rotatable bonds is 1. The minimum Gasteiger partial charge on any atom is -0.480 e. The van der Waals surface area contributed by atoms with Crippen molar-refractivity contribution in [1.29, 1.82) is 0 Å². The van der Waals surface area contributed by atoms with Gasteiger partial charge in [0.2, 0.25) is 0 Å². The van der Waals surface area contributed by atoms with Gasteiger partial charge in [0.05, 0.1) is 0 Å². The van der Waals surface area contributed by atoms with Crippen molar-refractivity contribution in [1.82, 2.24) is 9.88 Å². The first-order valence-corrected chi connectivity index (χ1v) is 7.73. The largest absolute Gasteiger partial charge is 0.480 e. The molecule has 0 unspecified atom stereocenters. The van der Waals surface area contributed by atoms with Crippen molar-refractivity contribution in [3.05, 3.63) is 41.6 Å². The van der Waals surface area contributed by atoms with Crippen LogP contribution in [0.15, 0.2) is 30.5 Å². The van der Waals surface area contributed by atoms with Gasteiger partial charge in [0.1, 0.15) is 0 Å². The number of nitrogens with zero attached hydrogens (tertiary/aromatic N) is 1. The van der Waals surface area contributed by atoms with Crippen molar-refractivity contribution in [2.24, 2.45) is 0 Å². The zero-order valence-electron chi connectivity index (χ0n) is 11.6. The van der Waals surface area contributed by atoms with Crippen LogP contribution >= 0.6 is 15.9 Å². The van der Waals surface area contributed by atoms with Gasteiger partial charge >= 0.3 is 5.97 Å². The number of likely N-dealkylation sites (N-methyl/N-ethyl adjacent to an activating group) is 1. The molecule has 0 spiro atoms. The molecule has 2 N–H and O–H groups in total. The standard InChI is InChI=1S/C16H15BrN2O2/c1-19-8-16(17,15(20)21)6-11-10-3-2-4-12-14(10)9(7-18-12)5-13(11)19/h2-4,6-7,13,18H,5,8H2,1H3,(H,20,21)/t13-,16+/m1/s1. The number of halogens is 1. The summed E-state index contributed by atoms with van der Waals surface area (Å²) in [5, 5.41) is 10.8. The number of hydrogen-bond donors (Lipinski definition) is 2. The number of fused-ring (bicyclic) bond motifs is 2. The monoisotopic (exact) mass is 346 g/mol. The molecule has 5 heteroatoms. The summed E-state index contributed by atoms with van der Waals surface area (Å²) in [6.45, 7) is 0.465. The molecule has 108 valence electrons. The first-order chi connectivity index (χ1) is 9.99. The van der Waals surface area contributed by atoms with Gasteiger partial charge in [-0.2, -0.15) is 0 Å². The van der Waals surface area contributed by atoms with Crippen LogP contribution in [0.3, 0.4) is 0 Å². The van der Waals surface area contributed by atoms with E-state index in [2.05, 4.69) is 44.1 Å². The second kappa shape index (κ2) is 4.21. The molecule has 1 aliphatic heterocycles. The second-order valence-corrected chi connectivity index (χ2v) is 7.36. The number of carbonyl (C=O) groups is 1. The first-order valence-electron chi connectivity index (χ1n) is 6.94. The van der Waals surface area contributed by atoms with Gasteiger partial charge in [0.25, 0.3) is 0 Å². The molecule has 4 nitrogen and oxygen atoms in total. The van der Waals surface area contributed by atoms with Crippen LogP contribution in [0.4, 0.5) is 0 Å². The Morgan fingerprint density at radius 2 is 2.33 bits per heavy atom. The number of aromatic amines is 1. The Morgan fingerprint density at radius 3 is 3.10 bits per heavy atom. The van der Waals surface area contributed by atoms with Crippen LogP contribution in [-0.2, 0) is 11.2 Å². The third-order valence-corrected chi connectivity index (χ3v) is 5.44. The number of carboxylic acid groups (broad SMARTS) is 1. The molecule has 21 heavy (non-hydrogen) atoms. The smallest absolute Gasteiger partial charge is 0.325 e. The number of carboxylic acids is 1. The highest BCUT2D eigenvalue weighted by Gasteiger charge is 2.43. The molecule has 0 bridgehead atoms. The van der Waals surface area contributed by atoms with E-state index >= 15 is 0 Å². The van der Waals surface area contributed by atoms with Gasteiger partial charge in [-0.05, 0) is 36.2 Å². The van der Waals surface area contributed by atoms with Gasteiger partial charge in [0.15, 0.2) is 4.32 Å². The van der Waals surface area contributed by atoms with Crippen LogP contribution in [0.5, 0.6) is 0 Å². The number of aromatic nitrogens is 1. The molecule has 4 rings (SSSR count). The van der Waals surface area contributed by atoms with Gasteiger partial charge in [0, 0.05) is 29.7 Å². The van der Waals surface area contributed by atoms with Crippen LogP contribution in [0.2, 0.25) is 0 Å². The van der Waals surface area contributed by atoms with Gasteiger partial charge in [-0.3, -0.25) is 9.69 Å². The predicted octanol–water partition coefficient (Wildman–Crippen LogP) is 2.64. The lowest BCUT2D eigenvalue weighted by Crippen LogP contribution is -2.51. The Labute approximate surface area is 130 Å². The molecule has 2 heterocycles. The SMILES string of the molecule is CN1C[C@](Br)(C(=O)O)C=C2c3cccc4[nH]cc(c34)C[C@H]21. The van der Waals surface area contributed by atoms with E-state index in [1.165, 1.54) is 10.9 Å². The van der Waals surface area contributed by atoms with Gasteiger partial charge in [-0.25, -0.2) is 0 Å². The highest BCUT2D eigenvalue weighted by molar-refractivity contribution is 9.10. The lowest BCUT2D eigenvalue weighted by Gasteiger charge is -2.41. The zero-order chi connectivity index (χ0) is 14.8. The van der Waals surface area contributed by atoms with E-state index in [-0.39, 0.29) is 6.04 Å².